The first-order valence-electron chi connectivity index (χ1n) is 4.13. The molecule has 1 nitrogen and oxygen atoms in total. The average molecular weight is 147 g/mol. The zero-order valence-electron chi connectivity index (χ0n) is 6.80. The van der Waals surface area contributed by atoms with Crippen LogP contribution in [0.1, 0.15) is 29.2 Å². The summed E-state index contributed by atoms with van der Waals surface area (Å²) < 4.78 is 0. The lowest BCUT2D eigenvalue weighted by Crippen LogP contribution is -2.06. The molecule has 2 N–H and O–H groups in total. The van der Waals surface area contributed by atoms with Gasteiger partial charge in [-0.1, -0.05) is 18.2 Å². The Morgan fingerprint density at radius 2 is 2.27 bits per heavy atom. The van der Waals surface area contributed by atoms with E-state index in [9.17, 15) is 0 Å². The lowest BCUT2D eigenvalue weighted by molar-refractivity contribution is 0.710. The molecule has 58 valence electrons. The SMILES string of the molecule is Cc1cccc2c1[C@H](N)CC2. The van der Waals surface area contributed by atoms with Gasteiger partial charge in [0.1, 0.15) is 0 Å². The quantitative estimate of drug-likeness (QED) is 0.596. The standard InChI is InChI=1S/C10H13N/c1-7-3-2-4-8-5-6-9(11)10(7)8/h2-4,9H,5-6,11H2,1H3/t9-/m1/s1. The van der Waals surface area contributed by atoms with Crippen molar-refractivity contribution in [3.05, 3.63) is 34.9 Å². The van der Waals surface area contributed by atoms with Crippen LogP contribution in [0.3, 0.4) is 0 Å². The summed E-state index contributed by atoms with van der Waals surface area (Å²) in [6.07, 6.45) is 2.29. The van der Waals surface area contributed by atoms with Crippen molar-refractivity contribution in [1.82, 2.24) is 0 Å². The van der Waals surface area contributed by atoms with E-state index in [1.54, 1.807) is 0 Å². The minimum absolute atomic E-state index is 0.297. The van der Waals surface area contributed by atoms with Gasteiger partial charge in [-0.05, 0) is 36.5 Å². The van der Waals surface area contributed by atoms with Crippen LogP contribution < -0.4 is 5.73 Å². The molecule has 1 aliphatic rings. The largest absolute Gasteiger partial charge is 0.324 e. The van der Waals surface area contributed by atoms with Crippen molar-refractivity contribution in [2.75, 3.05) is 0 Å². The van der Waals surface area contributed by atoms with Crippen LogP contribution in [-0.2, 0) is 6.42 Å². The van der Waals surface area contributed by atoms with Gasteiger partial charge >= 0.3 is 0 Å². The normalized spacial score (nSPS) is 21.8. The molecule has 0 saturated heterocycles. The predicted octanol–water partition coefficient (Wildman–Crippen LogP) is 1.94. The van der Waals surface area contributed by atoms with Crippen molar-refractivity contribution in [3.63, 3.8) is 0 Å². The molecule has 0 amide bonds. The van der Waals surface area contributed by atoms with Gasteiger partial charge in [-0.25, -0.2) is 0 Å². The van der Waals surface area contributed by atoms with E-state index in [-0.39, 0.29) is 0 Å². The van der Waals surface area contributed by atoms with Gasteiger partial charge in [0.25, 0.3) is 0 Å². The van der Waals surface area contributed by atoms with Gasteiger partial charge in [-0.2, -0.15) is 0 Å². The molecule has 0 unspecified atom stereocenters. The average Bonchev–Trinajstić information content (AvgIpc) is 2.34. The van der Waals surface area contributed by atoms with E-state index >= 15 is 0 Å². The van der Waals surface area contributed by atoms with Gasteiger partial charge in [0.2, 0.25) is 0 Å². The van der Waals surface area contributed by atoms with Gasteiger partial charge in [0.15, 0.2) is 0 Å². The molecule has 0 aliphatic heterocycles. The van der Waals surface area contributed by atoms with Crippen molar-refractivity contribution in [3.8, 4) is 0 Å². The number of hydrogen-bond donors (Lipinski definition) is 1. The second-order valence-electron chi connectivity index (χ2n) is 3.29. The Balaban J connectivity index is 2.58. The minimum Gasteiger partial charge on any atom is -0.324 e. The Bertz CT molecular complexity index is 278. The second kappa shape index (κ2) is 2.35. The molecular formula is C10H13N. The third-order valence-electron chi connectivity index (χ3n) is 2.51. The van der Waals surface area contributed by atoms with Crippen molar-refractivity contribution in [1.29, 1.82) is 0 Å². The zero-order chi connectivity index (χ0) is 7.84. The number of aryl methyl sites for hydroxylation is 2. The first kappa shape index (κ1) is 6.86. The Hall–Kier alpha value is -0.820. The van der Waals surface area contributed by atoms with Gasteiger partial charge in [0, 0.05) is 6.04 Å². The smallest absolute Gasteiger partial charge is 0.0303 e. The number of benzene rings is 1. The monoisotopic (exact) mass is 147 g/mol. The van der Waals surface area contributed by atoms with E-state index in [0.29, 0.717) is 6.04 Å². The molecule has 1 aliphatic carbocycles. The Morgan fingerprint density at radius 3 is 3.00 bits per heavy atom. The fourth-order valence-corrected chi connectivity index (χ4v) is 1.95. The molecule has 1 heteroatoms. The first-order valence-corrected chi connectivity index (χ1v) is 4.13. The molecule has 1 aromatic carbocycles. The van der Waals surface area contributed by atoms with Crippen LogP contribution in [0.15, 0.2) is 18.2 Å². The fourth-order valence-electron chi connectivity index (χ4n) is 1.95. The maximum absolute atomic E-state index is 5.95. The molecule has 2 rings (SSSR count). The Kier molecular flexibility index (Phi) is 1.46. The summed E-state index contributed by atoms with van der Waals surface area (Å²) in [6.45, 7) is 2.14. The molecule has 11 heavy (non-hydrogen) atoms. The fraction of sp³-hybridized carbons (Fsp3) is 0.400. The molecule has 0 fully saturated rings. The van der Waals surface area contributed by atoms with Gasteiger partial charge in [0.05, 0.1) is 0 Å². The second-order valence-corrected chi connectivity index (χ2v) is 3.29. The van der Waals surface area contributed by atoms with Crippen LogP contribution in [0.2, 0.25) is 0 Å². The zero-order valence-corrected chi connectivity index (χ0v) is 6.80. The lowest BCUT2D eigenvalue weighted by Gasteiger charge is -2.07. The highest BCUT2D eigenvalue weighted by atomic mass is 14.6. The molecule has 0 bridgehead atoms. The summed E-state index contributed by atoms with van der Waals surface area (Å²) in [5, 5.41) is 0. The van der Waals surface area contributed by atoms with E-state index < -0.39 is 0 Å². The van der Waals surface area contributed by atoms with E-state index in [1.165, 1.54) is 16.7 Å². The lowest BCUT2D eigenvalue weighted by atomic mass is 10.0. The maximum atomic E-state index is 5.95. The molecule has 0 radical (unpaired) electrons. The number of hydrogen-bond acceptors (Lipinski definition) is 1. The molecule has 1 aromatic rings. The van der Waals surface area contributed by atoms with E-state index in [4.69, 9.17) is 5.73 Å². The van der Waals surface area contributed by atoms with E-state index in [0.717, 1.165) is 12.8 Å². The molecule has 0 spiro atoms. The molecule has 0 heterocycles. The highest BCUT2D eigenvalue weighted by Gasteiger charge is 2.19. The molecule has 1 atom stereocenters. The number of rotatable bonds is 0. The predicted molar refractivity (Wildman–Crippen MR) is 46.4 cm³/mol. The van der Waals surface area contributed by atoms with E-state index in [1.807, 2.05) is 0 Å². The van der Waals surface area contributed by atoms with Crippen LogP contribution in [-0.4, -0.2) is 0 Å². The van der Waals surface area contributed by atoms with Crippen molar-refractivity contribution >= 4 is 0 Å². The third kappa shape index (κ3) is 0.962. The first-order chi connectivity index (χ1) is 5.29. The topological polar surface area (TPSA) is 26.0 Å². The van der Waals surface area contributed by atoms with E-state index in [2.05, 4.69) is 25.1 Å². The Labute approximate surface area is 67.2 Å². The molecule has 0 aromatic heterocycles. The summed E-state index contributed by atoms with van der Waals surface area (Å²) in [5.74, 6) is 0. The number of fused-ring (bicyclic) bond motifs is 1. The Morgan fingerprint density at radius 1 is 1.45 bits per heavy atom. The van der Waals surface area contributed by atoms with Crippen molar-refractivity contribution in [2.24, 2.45) is 5.73 Å². The summed E-state index contributed by atoms with van der Waals surface area (Å²) >= 11 is 0. The van der Waals surface area contributed by atoms with Crippen LogP contribution in [0, 0.1) is 6.92 Å². The van der Waals surface area contributed by atoms with Gasteiger partial charge in [-0.3, -0.25) is 0 Å². The summed E-state index contributed by atoms with van der Waals surface area (Å²) in [5.41, 5.74) is 10.2. The van der Waals surface area contributed by atoms with Crippen LogP contribution in [0.25, 0.3) is 0 Å². The van der Waals surface area contributed by atoms with Crippen LogP contribution >= 0.6 is 0 Å². The molecule has 0 saturated carbocycles. The van der Waals surface area contributed by atoms with Crippen molar-refractivity contribution in [2.45, 2.75) is 25.8 Å². The summed E-state index contributed by atoms with van der Waals surface area (Å²) in [7, 11) is 0. The minimum atomic E-state index is 0.297. The van der Waals surface area contributed by atoms with Crippen molar-refractivity contribution < 1.29 is 0 Å². The maximum Gasteiger partial charge on any atom is 0.0303 e. The summed E-state index contributed by atoms with van der Waals surface area (Å²) in [6, 6.07) is 6.75. The summed E-state index contributed by atoms with van der Waals surface area (Å²) in [4.78, 5) is 0. The molecular weight excluding hydrogens is 134 g/mol. The van der Waals surface area contributed by atoms with Gasteiger partial charge in [-0.15, -0.1) is 0 Å². The highest BCUT2D eigenvalue weighted by molar-refractivity contribution is 5.40. The highest BCUT2D eigenvalue weighted by Crippen LogP contribution is 2.31. The van der Waals surface area contributed by atoms with Crippen LogP contribution in [0.5, 0.6) is 0 Å². The third-order valence-corrected chi connectivity index (χ3v) is 2.51. The van der Waals surface area contributed by atoms with Crippen LogP contribution in [0.4, 0.5) is 0 Å². The van der Waals surface area contributed by atoms with Gasteiger partial charge < -0.3 is 5.73 Å². The number of nitrogens with two attached hydrogens (primary N) is 1.